The van der Waals surface area contributed by atoms with Gasteiger partial charge in [-0.15, -0.1) is 0 Å². The molecule has 1 saturated heterocycles. The van der Waals surface area contributed by atoms with Crippen molar-refractivity contribution in [2.45, 2.75) is 78.0 Å². The zero-order valence-electron chi connectivity index (χ0n) is 13.9. The highest BCUT2D eigenvalue weighted by atomic mass is 15.1. The second-order valence-corrected chi connectivity index (χ2v) is 7.81. The number of rotatable bonds is 3. The average molecular weight is 274 g/mol. The molecule has 0 aromatic heterocycles. The summed E-state index contributed by atoms with van der Waals surface area (Å²) in [4.78, 5) is 0. The molecule has 0 aliphatic carbocycles. The molecule has 1 heterocycles. The number of benzene rings is 1. The second kappa shape index (κ2) is 5.50. The number of nitrogens with one attached hydrogen (secondary N) is 2. The monoisotopic (exact) mass is 274 g/mol. The standard InChI is InChI=1S/C18H30N2/c1-13-7-8-14(2)15(9-13)12-19-16-10-17(3,4)20-18(5,6)11-16/h7-9,16,19-20H,10-12H2,1-6H3. The third kappa shape index (κ3) is 4.07. The van der Waals surface area contributed by atoms with Gasteiger partial charge >= 0.3 is 0 Å². The average Bonchev–Trinajstić information content (AvgIpc) is 2.26. The minimum Gasteiger partial charge on any atom is -0.310 e. The minimum absolute atomic E-state index is 0.209. The summed E-state index contributed by atoms with van der Waals surface area (Å²) < 4.78 is 0. The zero-order valence-corrected chi connectivity index (χ0v) is 13.9. The van der Waals surface area contributed by atoms with Gasteiger partial charge in [0, 0.05) is 23.7 Å². The molecule has 2 heteroatoms. The van der Waals surface area contributed by atoms with Crippen molar-refractivity contribution in [2.24, 2.45) is 0 Å². The summed E-state index contributed by atoms with van der Waals surface area (Å²) in [7, 11) is 0. The van der Waals surface area contributed by atoms with E-state index in [1.807, 2.05) is 0 Å². The van der Waals surface area contributed by atoms with Crippen LogP contribution < -0.4 is 10.6 Å². The highest BCUT2D eigenvalue weighted by Crippen LogP contribution is 2.28. The number of piperidine rings is 1. The van der Waals surface area contributed by atoms with Crippen molar-refractivity contribution in [3.05, 3.63) is 34.9 Å². The van der Waals surface area contributed by atoms with Crippen molar-refractivity contribution in [2.75, 3.05) is 0 Å². The van der Waals surface area contributed by atoms with Crippen LogP contribution in [0.15, 0.2) is 18.2 Å². The largest absolute Gasteiger partial charge is 0.310 e. The first-order chi connectivity index (χ1) is 9.17. The van der Waals surface area contributed by atoms with E-state index in [0.717, 1.165) is 6.54 Å². The topological polar surface area (TPSA) is 24.1 Å². The Labute approximate surface area is 124 Å². The van der Waals surface area contributed by atoms with Gasteiger partial charge in [0.2, 0.25) is 0 Å². The van der Waals surface area contributed by atoms with Gasteiger partial charge in [0.05, 0.1) is 0 Å². The van der Waals surface area contributed by atoms with E-state index in [4.69, 9.17) is 0 Å². The van der Waals surface area contributed by atoms with Gasteiger partial charge in [-0.1, -0.05) is 23.8 Å². The molecule has 0 radical (unpaired) electrons. The molecule has 0 amide bonds. The summed E-state index contributed by atoms with van der Waals surface area (Å²) in [6, 6.07) is 7.30. The number of aryl methyl sites for hydroxylation is 2. The molecule has 0 atom stereocenters. The summed E-state index contributed by atoms with van der Waals surface area (Å²) in [5.41, 5.74) is 4.58. The first-order valence-electron chi connectivity index (χ1n) is 7.76. The molecule has 1 fully saturated rings. The summed E-state index contributed by atoms with van der Waals surface area (Å²) in [5, 5.41) is 7.52. The lowest BCUT2D eigenvalue weighted by Crippen LogP contribution is -2.61. The van der Waals surface area contributed by atoms with E-state index >= 15 is 0 Å². The Morgan fingerprint density at radius 2 is 1.70 bits per heavy atom. The van der Waals surface area contributed by atoms with Crippen LogP contribution in [0.25, 0.3) is 0 Å². The van der Waals surface area contributed by atoms with E-state index in [2.05, 4.69) is 70.4 Å². The molecule has 112 valence electrons. The number of hydrogen-bond acceptors (Lipinski definition) is 2. The lowest BCUT2D eigenvalue weighted by atomic mass is 9.79. The highest BCUT2D eigenvalue weighted by molar-refractivity contribution is 5.30. The van der Waals surface area contributed by atoms with Crippen LogP contribution in [0.1, 0.15) is 57.2 Å². The van der Waals surface area contributed by atoms with E-state index < -0.39 is 0 Å². The maximum atomic E-state index is 3.78. The van der Waals surface area contributed by atoms with Gasteiger partial charge in [0.15, 0.2) is 0 Å². The fourth-order valence-corrected chi connectivity index (χ4v) is 3.71. The normalized spacial score (nSPS) is 21.9. The van der Waals surface area contributed by atoms with Crippen molar-refractivity contribution in [1.82, 2.24) is 10.6 Å². The third-order valence-electron chi connectivity index (χ3n) is 4.28. The molecule has 0 saturated carbocycles. The van der Waals surface area contributed by atoms with Crippen molar-refractivity contribution < 1.29 is 0 Å². The molecule has 0 spiro atoms. The molecule has 2 rings (SSSR count). The molecular weight excluding hydrogens is 244 g/mol. The molecule has 0 unspecified atom stereocenters. The van der Waals surface area contributed by atoms with Crippen LogP contribution in [0.4, 0.5) is 0 Å². The smallest absolute Gasteiger partial charge is 0.0210 e. The van der Waals surface area contributed by atoms with Gasteiger partial charge in [0.25, 0.3) is 0 Å². The highest BCUT2D eigenvalue weighted by Gasteiger charge is 2.37. The number of hydrogen-bond donors (Lipinski definition) is 2. The van der Waals surface area contributed by atoms with Crippen LogP contribution in [0.2, 0.25) is 0 Å². The van der Waals surface area contributed by atoms with Crippen LogP contribution in [0.5, 0.6) is 0 Å². The molecular formula is C18H30N2. The van der Waals surface area contributed by atoms with Crippen molar-refractivity contribution >= 4 is 0 Å². The predicted octanol–water partition coefficient (Wildman–Crippen LogP) is 3.70. The van der Waals surface area contributed by atoms with Crippen LogP contribution in [-0.2, 0) is 6.54 Å². The van der Waals surface area contributed by atoms with E-state index in [9.17, 15) is 0 Å². The fraction of sp³-hybridized carbons (Fsp3) is 0.667. The quantitative estimate of drug-likeness (QED) is 0.878. The van der Waals surface area contributed by atoms with Gasteiger partial charge < -0.3 is 10.6 Å². The van der Waals surface area contributed by atoms with Crippen molar-refractivity contribution in [3.63, 3.8) is 0 Å². The lowest BCUT2D eigenvalue weighted by Gasteiger charge is -2.46. The summed E-state index contributed by atoms with van der Waals surface area (Å²) in [6.07, 6.45) is 2.36. The Morgan fingerprint density at radius 1 is 1.10 bits per heavy atom. The minimum atomic E-state index is 0.209. The zero-order chi connectivity index (χ0) is 15.0. The summed E-state index contributed by atoms with van der Waals surface area (Å²) in [5.74, 6) is 0. The maximum absolute atomic E-state index is 3.78. The maximum Gasteiger partial charge on any atom is 0.0210 e. The Kier molecular flexibility index (Phi) is 4.27. The Bertz CT molecular complexity index is 458. The van der Waals surface area contributed by atoms with Crippen LogP contribution >= 0.6 is 0 Å². The van der Waals surface area contributed by atoms with Crippen molar-refractivity contribution in [1.29, 1.82) is 0 Å². The summed E-state index contributed by atoms with van der Waals surface area (Å²) >= 11 is 0. The first kappa shape index (κ1) is 15.5. The molecule has 1 aromatic rings. The van der Waals surface area contributed by atoms with Gasteiger partial charge in [-0.2, -0.15) is 0 Å². The first-order valence-corrected chi connectivity index (χ1v) is 7.76. The second-order valence-electron chi connectivity index (χ2n) is 7.81. The summed E-state index contributed by atoms with van der Waals surface area (Å²) in [6.45, 7) is 14.6. The Balaban J connectivity index is 2.01. The van der Waals surface area contributed by atoms with Crippen molar-refractivity contribution in [3.8, 4) is 0 Å². The van der Waals surface area contributed by atoms with E-state index in [-0.39, 0.29) is 11.1 Å². The van der Waals surface area contributed by atoms with E-state index in [1.54, 1.807) is 0 Å². The van der Waals surface area contributed by atoms with Crippen LogP contribution in [-0.4, -0.2) is 17.1 Å². The Morgan fingerprint density at radius 3 is 2.30 bits per heavy atom. The Hall–Kier alpha value is -0.860. The third-order valence-corrected chi connectivity index (χ3v) is 4.28. The molecule has 2 N–H and O–H groups in total. The van der Waals surface area contributed by atoms with Gasteiger partial charge in [0.1, 0.15) is 0 Å². The molecule has 20 heavy (non-hydrogen) atoms. The SMILES string of the molecule is Cc1ccc(C)c(CNC2CC(C)(C)NC(C)(C)C2)c1. The van der Waals surface area contributed by atoms with Gasteiger partial charge in [-0.3, -0.25) is 0 Å². The molecule has 1 aromatic carbocycles. The van der Waals surface area contributed by atoms with Crippen LogP contribution in [0.3, 0.4) is 0 Å². The predicted molar refractivity (Wildman–Crippen MR) is 87.1 cm³/mol. The van der Waals surface area contributed by atoms with E-state index in [0.29, 0.717) is 6.04 Å². The van der Waals surface area contributed by atoms with Crippen LogP contribution in [0, 0.1) is 13.8 Å². The van der Waals surface area contributed by atoms with Gasteiger partial charge in [-0.25, -0.2) is 0 Å². The van der Waals surface area contributed by atoms with E-state index in [1.165, 1.54) is 29.5 Å². The molecule has 1 aliphatic heterocycles. The fourth-order valence-electron chi connectivity index (χ4n) is 3.71. The lowest BCUT2D eigenvalue weighted by molar-refractivity contribution is 0.145. The van der Waals surface area contributed by atoms with Gasteiger partial charge in [-0.05, 0) is 65.5 Å². The molecule has 2 nitrogen and oxygen atoms in total. The molecule has 0 bridgehead atoms. The molecule has 1 aliphatic rings.